The summed E-state index contributed by atoms with van der Waals surface area (Å²) in [5.74, 6) is 0.621. The molecule has 0 aliphatic rings. The Morgan fingerprint density at radius 3 is 2.42 bits per heavy atom. The Labute approximate surface area is 118 Å². The zero-order chi connectivity index (χ0) is 13.8. The summed E-state index contributed by atoms with van der Waals surface area (Å²) in [4.78, 5) is 4.68. The van der Waals surface area contributed by atoms with Crippen molar-refractivity contribution in [3.05, 3.63) is 48.2 Å². The summed E-state index contributed by atoms with van der Waals surface area (Å²) in [6, 6.07) is 12.8. The van der Waals surface area contributed by atoms with Crippen molar-refractivity contribution < 1.29 is 0 Å². The topological polar surface area (TPSA) is 12.9 Å². The van der Waals surface area contributed by atoms with Crippen LogP contribution >= 0.6 is 0 Å². The quantitative estimate of drug-likeness (QED) is 0.766. The third-order valence-electron chi connectivity index (χ3n) is 3.80. The molecule has 19 heavy (non-hydrogen) atoms. The van der Waals surface area contributed by atoms with E-state index in [1.165, 1.54) is 22.7 Å². The second-order valence-electron chi connectivity index (χ2n) is 5.53. The minimum Gasteiger partial charge on any atom is -0.256 e. The minimum absolute atomic E-state index is 0.621. The van der Waals surface area contributed by atoms with Gasteiger partial charge >= 0.3 is 0 Å². The van der Waals surface area contributed by atoms with Gasteiger partial charge in [0.2, 0.25) is 0 Å². The predicted octanol–water partition coefficient (Wildman–Crippen LogP) is 3.96. The van der Waals surface area contributed by atoms with Gasteiger partial charge in [-0.2, -0.15) is 0 Å². The van der Waals surface area contributed by atoms with Crippen LogP contribution in [0.15, 0.2) is 42.6 Å². The van der Waals surface area contributed by atoms with Crippen molar-refractivity contribution in [3.8, 4) is 11.3 Å². The fourth-order valence-corrected chi connectivity index (χ4v) is 3.78. The number of hydrogen-bond donors (Lipinski definition) is 0. The number of nitrogens with zero attached hydrogens (tertiary/aromatic N) is 1. The highest BCUT2D eigenvalue weighted by atomic mass is 28.3. The Morgan fingerprint density at radius 1 is 1.16 bits per heavy atom. The van der Waals surface area contributed by atoms with E-state index in [-0.39, 0.29) is 0 Å². The lowest BCUT2D eigenvalue weighted by atomic mass is 9.97. The second-order valence-corrected chi connectivity index (χ2v) is 8.46. The van der Waals surface area contributed by atoms with Gasteiger partial charge in [-0.25, -0.2) is 0 Å². The summed E-state index contributed by atoms with van der Waals surface area (Å²) in [6.45, 7) is 9.35. The third kappa shape index (κ3) is 3.13. The van der Waals surface area contributed by atoms with Gasteiger partial charge in [0.15, 0.2) is 0 Å². The van der Waals surface area contributed by atoms with E-state index in [2.05, 4.69) is 74.5 Å². The third-order valence-corrected chi connectivity index (χ3v) is 5.53. The molecule has 0 aliphatic heterocycles. The molecule has 0 amide bonds. The van der Waals surface area contributed by atoms with Crippen LogP contribution < -0.4 is 5.19 Å². The minimum atomic E-state index is -0.815. The van der Waals surface area contributed by atoms with Crippen LogP contribution in [-0.4, -0.2) is 13.8 Å². The van der Waals surface area contributed by atoms with Crippen LogP contribution in [0.2, 0.25) is 13.1 Å². The van der Waals surface area contributed by atoms with Crippen molar-refractivity contribution >= 4 is 14.0 Å². The zero-order valence-corrected chi connectivity index (χ0v) is 13.5. The maximum absolute atomic E-state index is 4.68. The molecule has 0 N–H and O–H groups in total. The van der Waals surface area contributed by atoms with Gasteiger partial charge in [-0.3, -0.25) is 4.98 Å². The van der Waals surface area contributed by atoms with E-state index >= 15 is 0 Å². The molecular formula is C17H23NSi. The van der Waals surface area contributed by atoms with Crippen LogP contribution in [-0.2, 0) is 0 Å². The first-order chi connectivity index (χ1) is 9.13. The molecule has 1 heterocycles. The molecule has 1 atom stereocenters. The lowest BCUT2D eigenvalue weighted by Gasteiger charge is -2.18. The van der Waals surface area contributed by atoms with E-state index in [1.54, 1.807) is 0 Å². The first kappa shape index (κ1) is 14.0. The molecule has 1 nitrogen and oxygen atoms in total. The highest BCUT2D eigenvalue weighted by Crippen LogP contribution is 2.23. The molecule has 100 valence electrons. The summed E-state index contributed by atoms with van der Waals surface area (Å²) < 4.78 is 0. The van der Waals surface area contributed by atoms with Crippen molar-refractivity contribution in [1.29, 1.82) is 0 Å². The highest BCUT2D eigenvalue weighted by Gasteiger charge is 2.14. The lowest BCUT2D eigenvalue weighted by molar-refractivity contribution is 0.736. The maximum atomic E-state index is 4.68. The molecule has 0 saturated heterocycles. The Bertz CT molecular complexity index is 534. The van der Waals surface area contributed by atoms with E-state index in [1.807, 2.05) is 0 Å². The molecule has 1 aromatic heterocycles. The van der Waals surface area contributed by atoms with Gasteiger partial charge in [-0.05, 0) is 29.2 Å². The Morgan fingerprint density at radius 2 is 1.84 bits per heavy atom. The van der Waals surface area contributed by atoms with E-state index in [0.29, 0.717) is 5.92 Å². The second kappa shape index (κ2) is 6.16. The molecule has 0 saturated carbocycles. The maximum Gasteiger partial charge on any atom is 0.0704 e. The van der Waals surface area contributed by atoms with Gasteiger partial charge < -0.3 is 0 Å². The number of rotatable bonds is 4. The number of benzene rings is 1. The number of pyridine rings is 1. The molecule has 2 aromatic rings. The summed E-state index contributed by atoms with van der Waals surface area (Å²) in [5.41, 5.74) is 3.83. The largest absolute Gasteiger partial charge is 0.256 e. The van der Waals surface area contributed by atoms with Crippen LogP contribution in [0.1, 0.15) is 31.7 Å². The molecule has 2 rings (SSSR count). The van der Waals surface area contributed by atoms with Crippen LogP contribution in [0.3, 0.4) is 0 Å². The van der Waals surface area contributed by atoms with Gasteiger partial charge in [0, 0.05) is 11.8 Å². The van der Waals surface area contributed by atoms with E-state index in [9.17, 15) is 0 Å². The van der Waals surface area contributed by atoms with Crippen LogP contribution in [0.4, 0.5) is 0 Å². The van der Waals surface area contributed by atoms with Gasteiger partial charge in [-0.15, -0.1) is 0 Å². The Balaban J connectivity index is 2.50. The zero-order valence-electron chi connectivity index (χ0n) is 12.4. The van der Waals surface area contributed by atoms with Crippen molar-refractivity contribution in [2.24, 2.45) is 0 Å². The first-order valence-electron chi connectivity index (χ1n) is 7.18. The smallest absolute Gasteiger partial charge is 0.0704 e. The average Bonchev–Trinajstić information content (AvgIpc) is 2.46. The van der Waals surface area contributed by atoms with Crippen LogP contribution in [0.5, 0.6) is 0 Å². The van der Waals surface area contributed by atoms with Crippen molar-refractivity contribution in [2.45, 2.75) is 39.3 Å². The van der Waals surface area contributed by atoms with Gasteiger partial charge in [0.25, 0.3) is 0 Å². The fourth-order valence-electron chi connectivity index (χ4n) is 2.38. The van der Waals surface area contributed by atoms with Crippen molar-refractivity contribution in [3.63, 3.8) is 0 Å². The Kier molecular flexibility index (Phi) is 4.54. The summed E-state index contributed by atoms with van der Waals surface area (Å²) in [5, 5.41) is 1.52. The van der Waals surface area contributed by atoms with E-state index < -0.39 is 8.80 Å². The first-order valence-corrected chi connectivity index (χ1v) is 10.1. The standard InChI is InChI=1S/C17H23NSi/c1-5-13(2)15-11-16(14-9-7-6-8-10-14)18-12-17(15)19(3)4/h6-13,19H,5H2,1-4H3. The highest BCUT2D eigenvalue weighted by molar-refractivity contribution is 6.71. The molecular weight excluding hydrogens is 246 g/mol. The number of hydrogen-bond acceptors (Lipinski definition) is 1. The van der Waals surface area contributed by atoms with Crippen LogP contribution in [0, 0.1) is 0 Å². The van der Waals surface area contributed by atoms with Crippen LogP contribution in [0.25, 0.3) is 11.3 Å². The van der Waals surface area contributed by atoms with Crippen molar-refractivity contribution in [1.82, 2.24) is 4.98 Å². The molecule has 0 radical (unpaired) electrons. The number of aromatic nitrogens is 1. The monoisotopic (exact) mass is 269 g/mol. The van der Waals surface area contributed by atoms with Crippen molar-refractivity contribution in [2.75, 3.05) is 0 Å². The summed E-state index contributed by atoms with van der Waals surface area (Å²) >= 11 is 0. The summed E-state index contributed by atoms with van der Waals surface area (Å²) in [6.07, 6.45) is 3.31. The SMILES string of the molecule is CCC(C)c1cc(-c2ccccc2)ncc1[SiH](C)C. The van der Waals surface area contributed by atoms with E-state index in [0.717, 1.165) is 5.69 Å². The van der Waals surface area contributed by atoms with Gasteiger partial charge in [0.1, 0.15) is 0 Å². The molecule has 0 aliphatic carbocycles. The molecule has 1 aromatic carbocycles. The molecule has 0 fully saturated rings. The Hall–Kier alpha value is -1.41. The van der Waals surface area contributed by atoms with Gasteiger partial charge in [-0.1, -0.05) is 57.3 Å². The lowest BCUT2D eigenvalue weighted by Crippen LogP contribution is -2.28. The van der Waals surface area contributed by atoms with Gasteiger partial charge in [0.05, 0.1) is 14.5 Å². The molecule has 0 bridgehead atoms. The normalized spacial score (nSPS) is 12.7. The molecule has 0 spiro atoms. The predicted molar refractivity (Wildman–Crippen MR) is 86.9 cm³/mol. The molecule has 1 unspecified atom stereocenters. The van der Waals surface area contributed by atoms with E-state index in [4.69, 9.17) is 0 Å². The summed E-state index contributed by atoms with van der Waals surface area (Å²) in [7, 11) is -0.815. The average molecular weight is 269 g/mol. The fraction of sp³-hybridized carbons (Fsp3) is 0.353. The molecule has 2 heteroatoms.